The molecule has 4 nitrogen and oxygen atoms in total. The van der Waals surface area contributed by atoms with Gasteiger partial charge in [0, 0.05) is 11.6 Å². The van der Waals surface area contributed by atoms with Gasteiger partial charge in [-0.15, -0.1) is 0 Å². The van der Waals surface area contributed by atoms with Gasteiger partial charge in [0.05, 0.1) is 6.04 Å². The average Bonchev–Trinajstić information content (AvgIpc) is 2.05. The minimum Gasteiger partial charge on any atom is -0.370 e. The van der Waals surface area contributed by atoms with E-state index >= 15 is 0 Å². The van der Waals surface area contributed by atoms with Crippen molar-refractivity contribution < 1.29 is 0 Å². The molecule has 1 aliphatic rings. The first-order valence-electron chi connectivity index (χ1n) is 5.73. The summed E-state index contributed by atoms with van der Waals surface area (Å²) in [5, 5.41) is 3.62. The maximum absolute atomic E-state index is 5.37. The van der Waals surface area contributed by atoms with Crippen LogP contribution in [-0.4, -0.2) is 23.6 Å². The molecule has 4 heteroatoms. The zero-order chi connectivity index (χ0) is 11.5. The van der Waals surface area contributed by atoms with E-state index in [1.807, 2.05) is 0 Å². The maximum atomic E-state index is 5.37. The molecule has 0 heterocycles. The Morgan fingerprint density at radius 3 is 2.07 bits per heavy atom. The highest BCUT2D eigenvalue weighted by atomic mass is 15.0. The van der Waals surface area contributed by atoms with Gasteiger partial charge in [0.1, 0.15) is 0 Å². The first kappa shape index (κ1) is 12.3. The van der Waals surface area contributed by atoms with Crippen LogP contribution in [0, 0.1) is 0 Å². The summed E-state index contributed by atoms with van der Waals surface area (Å²) in [5.41, 5.74) is 10.9. The Hall–Kier alpha value is -0.770. The van der Waals surface area contributed by atoms with Gasteiger partial charge in [-0.1, -0.05) is 0 Å². The van der Waals surface area contributed by atoms with E-state index in [1.54, 1.807) is 0 Å². The van der Waals surface area contributed by atoms with Gasteiger partial charge in [-0.25, -0.2) is 0 Å². The van der Waals surface area contributed by atoms with Crippen LogP contribution in [0.4, 0.5) is 0 Å². The van der Waals surface area contributed by atoms with Crippen LogP contribution in [0.1, 0.15) is 46.5 Å². The number of nitrogens with one attached hydrogen (secondary N) is 1. The van der Waals surface area contributed by atoms with Gasteiger partial charge in [-0.3, -0.25) is 4.99 Å². The fraction of sp³-hybridized carbons (Fsp3) is 0.909. The second-order valence-electron chi connectivity index (χ2n) is 5.45. The molecule has 0 bridgehead atoms. The van der Waals surface area contributed by atoms with Crippen LogP contribution in [0.5, 0.6) is 0 Å². The zero-order valence-corrected chi connectivity index (χ0v) is 10.1. The van der Waals surface area contributed by atoms with E-state index in [2.05, 4.69) is 31.1 Å². The Kier molecular flexibility index (Phi) is 3.97. The third-order valence-electron chi connectivity index (χ3n) is 2.67. The van der Waals surface area contributed by atoms with Crippen LogP contribution >= 0.6 is 0 Å². The van der Waals surface area contributed by atoms with Crippen LogP contribution < -0.4 is 16.8 Å². The lowest BCUT2D eigenvalue weighted by Crippen LogP contribution is -2.45. The molecule has 0 aromatic heterocycles. The molecule has 0 aromatic rings. The summed E-state index contributed by atoms with van der Waals surface area (Å²) >= 11 is 0. The lowest BCUT2D eigenvalue weighted by atomic mass is 9.90. The molecule has 0 aromatic carbocycles. The Morgan fingerprint density at radius 2 is 1.67 bits per heavy atom. The van der Waals surface area contributed by atoms with Crippen LogP contribution in [0.15, 0.2) is 4.99 Å². The molecule has 5 N–H and O–H groups in total. The topological polar surface area (TPSA) is 76.4 Å². The second-order valence-corrected chi connectivity index (χ2v) is 5.45. The second kappa shape index (κ2) is 4.84. The minimum absolute atomic E-state index is 0.202. The maximum Gasteiger partial charge on any atom is 0.186 e. The Morgan fingerprint density at radius 1 is 1.13 bits per heavy atom. The molecule has 0 saturated heterocycles. The summed E-state index contributed by atoms with van der Waals surface area (Å²) < 4.78 is 0. The van der Waals surface area contributed by atoms with Crippen LogP contribution in [0.25, 0.3) is 0 Å². The summed E-state index contributed by atoms with van der Waals surface area (Å²) in [4.78, 5) is 4.21. The lowest BCUT2D eigenvalue weighted by molar-refractivity contribution is 0.281. The van der Waals surface area contributed by atoms with Gasteiger partial charge in [0.25, 0.3) is 0 Å². The molecule has 0 aliphatic heterocycles. The molecule has 1 saturated carbocycles. The van der Waals surface area contributed by atoms with Gasteiger partial charge < -0.3 is 16.8 Å². The highest BCUT2D eigenvalue weighted by Crippen LogP contribution is 2.22. The third kappa shape index (κ3) is 5.02. The van der Waals surface area contributed by atoms with Crippen molar-refractivity contribution in [1.82, 2.24) is 5.32 Å². The molecule has 1 fully saturated rings. The predicted molar refractivity (Wildman–Crippen MR) is 64.7 cm³/mol. The summed E-state index contributed by atoms with van der Waals surface area (Å²) in [6.45, 7) is 6.61. The fourth-order valence-corrected chi connectivity index (χ4v) is 2.17. The number of guanidine groups is 1. The number of rotatable bonds is 2. The van der Waals surface area contributed by atoms with Crippen molar-refractivity contribution in [3.05, 3.63) is 0 Å². The summed E-state index contributed by atoms with van der Waals surface area (Å²) in [6, 6.07) is 0.962. The van der Waals surface area contributed by atoms with Crippen molar-refractivity contribution in [2.45, 2.75) is 64.1 Å². The quantitative estimate of drug-likeness (QED) is 0.471. The number of nitrogens with two attached hydrogens (primary N) is 2. The standard InChI is InChI=1S/C11H24N4/c1-11(2,3)15-9-6-4-8(5-7-9)14-10(12)13/h8-9,15H,4-7H2,1-3H3,(H4,12,13,14). The lowest BCUT2D eigenvalue weighted by Gasteiger charge is -2.33. The van der Waals surface area contributed by atoms with Crippen molar-refractivity contribution in [2.24, 2.45) is 16.5 Å². The van der Waals surface area contributed by atoms with E-state index in [1.165, 1.54) is 12.8 Å². The van der Waals surface area contributed by atoms with Gasteiger partial charge in [-0.2, -0.15) is 0 Å². The smallest absolute Gasteiger partial charge is 0.186 e. The van der Waals surface area contributed by atoms with Crippen molar-refractivity contribution in [3.8, 4) is 0 Å². The van der Waals surface area contributed by atoms with Crippen molar-refractivity contribution in [2.75, 3.05) is 0 Å². The Labute approximate surface area is 92.5 Å². The number of nitrogens with zero attached hydrogens (tertiary/aromatic N) is 1. The van der Waals surface area contributed by atoms with Crippen LogP contribution in [-0.2, 0) is 0 Å². The number of hydrogen-bond acceptors (Lipinski definition) is 2. The Bertz CT molecular complexity index is 217. The first-order valence-corrected chi connectivity index (χ1v) is 5.73. The zero-order valence-electron chi connectivity index (χ0n) is 10.1. The van der Waals surface area contributed by atoms with Crippen LogP contribution in [0.3, 0.4) is 0 Å². The number of aliphatic imine (C=N–C) groups is 1. The van der Waals surface area contributed by atoms with Crippen molar-refractivity contribution >= 4 is 5.96 Å². The van der Waals surface area contributed by atoms with Gasteiger partial charge >= 0.3 is 0 Å². The van der Waals surface area contributed by atoms with E-state index in [0.717, 1.165) is 12.8 Å². The van der Waals surface area contributed by atoms with E-state index in [4.69, 9.17) is 11.5 Å². The molecule has 0 unspecified atom stereocenters. The van der Waals surface area contributed by atoms with Gasteiger partial charge in [0.2, 0.25) is 0 Å². The normalized spacial score (nSPS) is 27.4. The number of hydrogen-bond donors (Lipinski definition) is 3. The van der Waals surface area contributed by atoms with E-state index < -0.39 is 0 Å². The largest absolute Gasteiger partial charge is 0.370 e. The summed E-state index contributed by atoms with van der Waals surface area (Å²) in [6.07, 6.45) is 4.51. The van der Waals surface area contributed by atoms with Crippen molar-refractivity contribution in [3.63, 3.8) is 0 Å². The van der Waals surface area contributed by atoms with E-state index in [9.17, 15) is 0 Å². The van der Waals surface area contributed by atoms with Gasteiger partial charge in [-0.05, 0) is 46.5 Å². The van der Waals surface area contributed by atoms with Crippen LogP contribution in [0.2, 0.25) is 0 Å². The molecule has 0 radical (unpaired) electrons. The van der Waals surface area contributed by atoms with E-state index in [0.29, 0.717) is 12.1 Å². The molecular weight excluding hydrogens is 188 g/mol. The predicted octanol–water partition coefficient (Wildman–Crippen LogP) is 0.959. The highest BCUT2D eigenvalue weighted by molar-refractivity contribution is 5.75. The molecule has 0 amide bonds. The molecular formula is C11H24N4. The third-order valence-corrected chi connectivity index (χ3v) is 2.67. The Balaban J connectivity index is 2.33. The molecule has 1 aliphatic carbocycles. The molecule has 0 atom stereocenters. The molecule has 1 rings (SSSR count). The molecule has 15 heavy (non-hydrogen) atoms. The van der Waals surface area contributed by atoms with Gasteiger partial charge in [0.15, 0.2) is 5.96 Å². The van der Waals surface area contributed by atoms with E-state index in [-0.39, 0.29) is 11.5 Å². The average molecular weight is 212 g/mol. The summed E-state index contributed by atoms with van der Waals surface area (Å²) in [7, 11) is 0. The SMILES string of the molecule is CC(C)(C)NC1CCC(N=C(N)N)CC1. The highest BCUT2D eigenvalue weighted by Gasteiger charge is 2.23. The monoisotopic (exact) mass is 212 g/mol. The molecule has 0 spiro atoms. The minimum atomic E-state index is 0.202. The molecule has 88 valence electrons. The van der Waals surface area contributed by atoms with Crippen molar-refractivity contribution in [1.29, 1.82) is 0 Å². The summed E-state index contributed by atoms with van der Waals surface area (Å²) in [5.74, 6) is 0.224. The fourth-order valence-electron chi connectivity index (χ4n) is 2.17. The first-order chi connectivity index (χ1) is 6.87.